The van der Waals surface area contributed by atoms with Gasteiger partial charge in [-0.1, -0.05) is 32.1 Å². The highest BCUT2D eigenvalue weighted by Gasteiger charge is 2.38. The lowest BCUT2D eigenvalue weighted by Gasteiger charge is -2.30. The molecule has 0 spiro atoms. The minimum absolute atomic E-state index is 0.0423. The quantitative estimate of drug-likeness (QED) is 0.371. The van der Waals surface area contributed by atoms with E-state index in [2.05, 4.69) is 10.6 Å². The Morgan fingerprint density at radius 3 is 2.69 bits per heavy atom. The van der Waals surface area contributed by atoms with Crippen LogP contribution in [0.3, 0.4) is 0 Å². The van der Waals surface area contributed by atoms with Crippen molar-refractivity contribution in [2.24, 2.45) is 18.9 Å². The molecule has 1 aliphatic heterocycles. The molecular formula is C27H39N3O5. The van der Waals surface area contributed by atoms with Gasteiger partial charge < -0.3 is 29.4 Å². The van der Waals surface area contributed by atoms with Gasteiger partial charge in [0, 0.05) is 43.8 Å². The van der Waals surface area contributed by atoms with Gasteiger partial charge in [-0.2, -0.15) is 0 Å². The molecular weight excluding hydrogens is 446 g/mol. The van der Waals surface area contributed by atoms with E-state index in [9.17, 15) is 9.59 Å². The first-order valence-electron chi connectivity index (χ1n) is 13.0. The molecule has 35 heavy (non-hydrogen) atoms. The Kier molecular flexibility index (Phi) is 9.18. The van der Waals surface area contributed by atoms with Crippen LogP contribution in [0.1, 0.15) is 55.4 Å². The van der Waals surface area contributed by atoms with Crippen LogP contribution in [-0.4, -0.2) is 62.6 Å². The zero-order valence-corrected chi connectivity index (χ0v) is 21.0. The molecule has 1 amide bonds. The zero-order chi connectivity index (χ0) is 24.6. The standard InChI is InChI=1S/C27H39N3O5/c1-30-23-10-9-21(29-26(31)25-22(11-12-28-25)19-7-4-3-5-8-19)17-20(23)18-24(30)27(32)35-14-6-13-34-16-15-33-2/h9-10,17-19,22,25,28H,3-8,11-16H2,1-2H3,(H,29,31)/t22-,25-/m0/s1. The molecule has 1 aliphatic carbocycles. The van der Waals surface area contributed by atoms with Crippen molar-refractivity contribution in [2.45, 2.75) is 51.0 Å². The SMILES string of the molecule is COCCOCCCOC(=O)c1cc2cc(NC(=O)[C@H]3NCC[C@H]3C3CCCCC3)ccc2n1C. The van der Waals surface area contributed by atoms with Crippen LogP contribution in [0.25, 0.3) is 10.9 Å². The van der Waals surface area contributed by atoms with Crippen molar-refractivity contribution >= 4 is 28.5 Å². The third-order valence-electron chi connectivity index (χ3n) is 7.42. The lowest BCUT2D eigenvalue weighted by Crippen LogP contribution is -2.42. The molecule has 2 heterocycles. The fourth-order valence-corrected chi connectivity index (χ4v) is 5.57. The molecule has 4 rings (SSSR count). The number of fused-ring (bicyclic) bond motifs is 1. The van der Waals surface area contributed by atoms with Crippen LogP contribution in [0.2, 0.25) is 0 Å². The van der Waals surface area contributed by atoms with Gasteiger partial charge in [0.05, 0.1) is 25.9 Å². The summed E-state index contributed by atoms with van der Waals surface area (Å²) < 4.78 is 17.6. The number of nitrogens with zero attached hydrogens (tertiary/aromatic N) is 1. The van der Waals surface area contributed by atoms with Crippen LogP contribution < -0.4 is 10.6 Å². The molecule has 0 radical (unpaired) electrons. The minimum atomic E-state index is -0.364. The average Bonchev–Trinajstić information content (AvgIpc) is 3.49. The highest BCUT2D eigenvalue weighted by Crippen LogP contribution is 2.36. The topological polar surface area (TPSA) is 90.8 Å². The molecule has 8 nitrogen and oxygen atoms in total. The molecule has 1 aromatic carbocycles. The Labute approximate surface area is 207 Å². The maximum atomic E-state index is 13.1. The molecule has 1 saturated carbocycles. The monoisotopic (exact) mass is 485 g/mol. The number of carbonyl (C=O) groups is 2. The van der Waals surface area contributed by atoms with E-state index < -0.39 is 0 Å². The number of benzene rings is 1. The van der Waals surface area contributed by atoms with Gasteiger partial charge >= 0.3 is 5.97 Å². The number of anilines is 1. The number of methoxy groups -OCH3 is 1. The number of aromatic nitrogens is 1. The number of esters is 1. The predicted octanol–water partition coefficient (Wildman–Crippen LogP) is 3.89. The summed E-state index contributed by atoms with van der Waals surface area (Å²) in [5.41, 5.74) is 2.15. The molecule has 1 aromatic heterocycles. The van der Waals surface area contributed by atoms with E-state index in [0.717, 1.165) is 29.6 Å². The molecule has 1 saturated heterocycles. The van der Waals surface area contributed by atoms with Crippen LogP contribution in [0.15, 0.2) is 24.3 Å². The van der Waals surface area contributed by atoms with E-state index in [1.807, 2.05) is 35.9 Å². The van der Waals surface area contributed by atoms with Gasteiger partial charge in [0.25, 0.3) is 0 Å². The van der Waals surface area contributed by atoms with E-state index >= 15 is 0 Å². The first-order valence-corrected chi connectivity index (χ1v) is 13.0. The Bertz CT molecular complexity index is 998. The predicted molar refractivity (Wildman–Crippen MR) is 136 cm³/mol. The number of amides is 1. The number of hydrogen-bond donors (Lipinski definition) is 2. The summed E-state index contributed by atoms with van der Waals surface area (Å²) in [6, 6.07) is 7.45. The first-order chi connectivity index (χ1) is 17.1. The molecule has 8 heteroatoms. The Hall–Kier alpha value is -2.42. The van der Waals surface area contributed by atoms with Gasteiger partial charge in [0.2, 0.25) is 5.91 Å². The van der Waals surface area contributed by atoms with Crippen LogP contribution >= 0.6 is 0 Å². The molecule has 192 valence electrons. The lowest BCUT2D eigenvalue weighted by atomic mass is 9.76. The Morgan fingerprint density at radius 2 is 1.89 bits per heavy atom. The lowest BCUT2D eigenvalue weighted by molar-refractivity contribution is -0.119. The highest BCUT2D eigenvalue weighted by atomic mass is 16.5. The summed E-state index contributed by atoms with van der Waals surface area (Å²) in [6.45, 7) is 2.81. The van der Waals surface area contributed by atoms with E-state index in [1.165, 1.54) is 32.1 Å². The molecule has 2 N–H and O–H groups in total. The first kappa shape index (κ1) is 25.7. The molecule has 0 bridgehead atoms. The fraction of sp³-hybridized carbons (Fsp3) is 0.630. The number of rotatable bonds is 11. The van der Waals surface area contributed by atoms with Gasteiger partial charge in [-0.25, -0.2) is 4.79 Å². The van der Waals surface area contributed by atoms with Crippen molar-refractivity contribution in [3.63, 3.8) is 0 Å². The molecule has 2 fully saturated rings. The van der Waals surface area contributed by atoms with Crippen LogP contribution in [-0.2, 0) is 26.1 Å². The largest absolute Gasteiger partial charge is 0.461 e. The normalized spacial score (nSPS) is 20.9. The van der Waals surface area contributed by atoms with Gasteiger partial charge in [0.15, 0.2) is 0 Å². The van der Waals surface area contributed by atoms with Crippen molar-refractivity contribution in [3.8, 4) is 0 Å². The van der Waals surface area contributed by atoms with Gasteiger partial charge in [0.1, 0.15) is 5.69 Å². The Balaban J connectivity index is 1.34. The number of hydrogen-bond acceptors (Lipinski definition) is 6. The summed E-state index contributed by atoms with van der Waals surface area (Å²) in [4.78, 5) is 25.8. The third-order valence-corrected chi connectivity index (χ3v) is 7.42. The molecule has 0 unspecified atom stereocenters. The highest BCUT2D eigenvalue weighted by molar-refractivity contribution is 6.00. The van der Waals surface area contributed by atoms with Crippen molar-refractivity contribution in [1.29, 1.82) is 0 Å². The summed E-state index contributed by atoms with van der Waals surface area (Å²) >= 11 is 0. The fourth-order valence-electron chi connectivity index (χ4n) is 5.57. The summed E-state index contributed by atoms with van der Waals surface area (Å²) in [5, 5.41) is 7.44. The maximum Gasteiger partial charge on any atom is 0.354 e. The third kappa shape index (κ3) is 6.42. The summed E-state index contributed by atoms with van der Waals surface area (Å²) in [7, 11) is 3.48. The second-order valence-electron chi connectivity index (χ2n) is 9.73. The maximum absolute atomic E-state index is 13.1. The van der Waals surface area contributed by atoms with Gasteiger partial charge in [-0.05, 0) is 49.1 Å². The Morgan fingerprint density at radius 1 is 1.06 bits per heavy atom. The molecule has 2 aromatic rings. The number of aryl methyl sites for hydroxylation is 1. The number of carbonyl (C=O) groups excluding carboxylic acids is 2. The van der Waals surface area contributed by atoms with Crippen LogP contribution in [0.4, 0.5) is 5.69 Å². The van der Waals surface area contributed by atoms with E-state index in [1.54, 1.807) is 7.11 Å². The van der Waals surface area contributed by atoms with E-state index in [4.69, 9.17) is 14.2 Å². The zero-order valence-electron chi connectivity index (χ0n) is 21.0. The smallest absolute Gasteiger partial charge is 0.354 e. The van der Waals surface area contributed by atoms with Crippen molar-refractivity contribution in [3.05, 3.63) is 30.0 Å². The van der Waals surface area contributed by atoms with Crippen LogP contribution in [0, 0.1) is 11.8 Å². The second kappa shape index (κ2) is 12.5. The van der Waals surface area contributed by atoms with E-state index in [0.29, 0.717) is 50.4 Å². The summed E-state index contributed by atoms with van der Waals surface area (Å²) in [6.07, 6.45) is 8.08. The van der Waals surface area contributed by atoms with E-state index in [-0.39, 0.29) is 17.9 Å². The summed E-state index contributed by atoms with van der Waals surface area (Å²) in [5.74, 6) is 0.747. The second-order valence-corrected chi connectivity index (χ2v) is 9.73. The number of ether oxygens (including phenoxy) is 3. The number of nitrogens with one attached hydrogen (secondary N) is 2. The van der Waals surface area contributed by atoms with Crippen LogP contribution in [0.5, 0.6) is 0 Å². The van der Waals surface area contributed by atoms with Gasteiger partial charge in [-0.15, -0.1) is 0 Å². The van der Waals surface area contributed by atoms with Gasteiger partial charge in [-0.3, -0.25) is 4.79 Å². The molecule has 2 atom stereocenters. The minimum Gasteiger partial charge on any atom is -0.461 e. The van der Waals surface area contributed by atoms with Crippen molar-refractivity contribution < 1.29 is 23.8 Å². The van der Waals surface area contributed by atoms with Crippen molar-refractivity contribution in [1.82, 2.24) is 9.88 Å². The van der Waals surface area contributed by atoms with Crippen molar-refractivity contribution in [2.75, 3.05) is 45.4 Å². The average molecular weight is 486 g/mol. The molecule has 2 aliphatic rings.